The molecule has 0 aromatic rings. The van der Waals surface area contributed by atoms with Gasteiger partial charge in [0.1, 0.15) is 0 Å². The number of rotatable bonds is 8. The average molecular weight is 577 g/mol. The van der Waals surface area contributed by atoms with E-state index in [4.69, 9.17) is 40.7 Å². The summed E-state index contributed by atoms with van der Waals surface area (Å²) in [6.45, 7) is 0. The highest BCUT2D eigenvalue weighted by Gasteiger charge is 2.18. The van der Waals surface area contributed by atoms with Gasteiger partial charge in [-0.3, -0.25) is 4.79 Å². The normalized spacial score (nSPS) is 9.68. The molecule has 0 aromatic carbocycles. The van der Waals surface area contributed by atoms with Gasteiger partial charge in [0.15, 0.2) is 0 Å². The van der Waals surface area contributed by atoms with Crippen LogP contribution in [-0.2, 0) is 67.1 Å². The number of carbonyl (C=O) groups is 6. The summed E-state index contributed by atoms with van der Waals surface area (Å²) >= 11 is 0. The van der Waals surface area contributed by atoms with Crippen LogP contribution >= 0.6 is 0 Å². The summed E-state index contributed by atoms with van der Waals surface area (Å²) in [7, 11) is 8.20. The van der Waals surface area contributed by atoms with Crippen molar-refractivity contribution < 1.29 is 105 Å². The molecule has 2 atom stereocenters. The van der Waals surface area contributed by atoms with E-state index in [0.717, 1.165) is 26.4 Å². The molecule has 9 N–H and O–H groups in total. The predicted molar refractivity (Wildman–Crippen MR) is 120 cm³/mol. The number of hydrogen-bond acceptors (Lipinski definition) is 18. The number of methoxy groups -OCH3 is 6. The van der Waals surface area contributed by atoms with Crippen LogP contribution < -0.4 is 0 Å². The van der Waals surface area contributed by atoms with Gasteiger partial charge in [0.05, 0.1) is 33.5 Å². The van der Waals surface area contributed by atoms with Gasteiger partial charge in [-0.15, -0.1) is 0 Å². The second kappa shape index (κ2) is 43.4. The zero-order valence-corrected chi connectivity index (χ0v) is 21.3. The Morgan fingerprint density at radius 1 is 0.763 bits per heavy atom. The van der Waals surface area contributed by atoms with Crippen LogP contribution in [0.5, 0.6) is 0 Å². The lowest BCUT2D eigenvalue weighted by molar-refractivity contribution is -0.465. The summed E-state index contributed by atoms with van der Waals surface area (Å²) in [6, 6.07) is 0. The van der Waals surface area contributed by atoms with E-state index in [1.54, 1.807) is 0 Å². The van der Waals surface area contributed by atoms with E-state index in [9.17, 15) is 19.2 Å². The molecule has 0 amide bonds. The minimum atomic E-state index is -1.44. The molecule has 0 aliphatic carbocycles. The molecule has 0 aliphatic heterocycles. The van der Waals surface area contributed by atoms with Crippen molar-refractivity contribution in [1.82, 2.24) is 0 Å². The monoisotopic (exact) mass is 577 g/mol. The van der Waals surface area contributed by atoms with E-state index in [1.165, 1.54) is 35.5 Å². The van der Waals surface area contributed by atoms with Gasteiger partial charge in [-0.25, -0.2) is 34.5 Å². The summed E-state index contributed by atoms with van der Waals surface area (Å²) in [5, 5.41) is 45.2. The van der Waals surface area contributed by atoms with Crippen LogP contribution in [0.1, 0.15) is 1.43 Å². The van der Waals surface area contributed by atoms with Crippen molar-refractivity contribution in [3.63, 3.8) is 0 Å². The molecule has 0 spiro atoms. The van der Waals surface area contributed by atoms with Crippen LogP contribution in [0.4, 0.5) is 0 Å². The third kappa shape index (κ3) is 49.5. The maximum Gasteiger partial charge on any atom is 0.368 e. The molecule has 0 aromatic heterocycles. The van der Waals surface area contributed by atoms with Crippen molar-refractivity contribution >= 4 is 36.1 Å². The highest BCUT2D eigenvalue weighted by atomic mass is 17.4. The van der Waals surface area contributed by atoms with Gasteiger partial charge in [0, 0.05) is 34.9 Å². The quantitative estimate of drug-likeness (QED) is 0.0211. The first-order valence-electron chi connectivity index (χ1n) is 8.50. The minimum Gasteiger partial charge on any atom is -0.476 e. The van der Waals surface area contributed by atoms with Gasteiger partial charge in [0.2, 0.25) is 6.29 Å². The maximum absolute atomic E-state index is 10.3. The standard InChI is InChI=1S/C6H8O4.C4H8O5.C4H8O4.C2H2O3.CH4O.H2O3.H2O.H2/c1-9-5(7)3-4-6(8)10-2;1-7-3(5)4(8-2)9-6;1-7-3(5)4(6)8-2;3-1-2(4)5;1-2;1-3-2;;/h3-4H,1-2H3;4,6H,1-2H3;3,5H,1-2H3;1H,(H,4,5);2H,1H3;1-2H;1H2;1H/p+1/b4-3-;;;;;;;. The predicted octanol–water partition coefficient (Wildman–Crippen LogP) is -3.95. The van der Waals surface area contributed by atoms with Crippen LogP contribution in [0, 0.1) is 0 Å². The highest BCUT2D eigenvalue weighted by molar-refractivity contribution is 6.19. The molecule has 21 heteroatoms. The Morgan fingerprint density at radius 3 is 1.18 bits per heavy atom. The van der Waals surface area contributed by atoms with Gasteiger partial charge in [-0.05, 0) is 0 Å². The molecule has 21 nitrogen and oxygen atoms in total. The molecule has 230 valence electrons. The summed E-state index contributed by atoms with van der Waals surface area (Å²) in [5.41, 5.74) is 0. The SMILES string of the molecule is CO.COC(=O)/C=C\C(=O)OC.COC(=O)C(O)OC.COC(=O)C(OC)OO.O.O=CC(=O)O.OO[OH2+].[HH]. The van der Waals surface area contributed by atoms with E-state index in [0.29, 0.717) is 0 Å². The van der Waals surface area contributed by atoms with E-state index in [2.05, 4.69) is 38.3 Å². The average Bonchev–Trinajstić information content (AvgIpc) is 2.93. The van der Waals surface area contributed by atoms with Crippen LogP contribution in [0.2, 0.25) is 0 Å². The Bertz CT molecular complexity index is 589. The molecule has 0 heterocycles. The van der Waals surface area contributed by atoms with Crippen molar-refractivity contribution in [2.45, 2.75) is 12.6 Å². The Morgan fingerprint density at radius 2 is 1.08 bits per heavy atom. The summed E-state index contributed by atoms with van der Waals surface area (Å²) in [6.07, 6.45) is -0.965. The Balaban J connectivity index is -0.0000000518. The Hall–Kier alpha value is -3.64. The number of ether oxygens (including phenoxy) is 6. The van der Waals surface area contributed by atoms with Crippen molar-refractivity contribution in [2.24, 2.45) is 0 Å². The lowest BCUT2D eigenvalue weighted by Gasteiger charge is -2.06. The van der Waals surface area contributed by atoms with Crippen LogP contribution in [-0.4, -0.2) is 135 Å². The molecular weight excluding hydrogens is 540 g/mol. The van der Waals surface area contributed by atoms with E-state index in [-0.39, 0.29) is 13.2 Å². The zero-order valence-electron chi connectivity index (χ0n) is 21.3. The molecule has 2 unspecified atom stereocenters. The van der Waals surface area contributed by atoms with Gasteiger partial charge < -0.3 is 49.2 Å². The van der Waals surface area contributed by atoms with Gasteiger partial charge in [-0.2, -0.15) is 10.1 Å². The van der Waals surface area contributed by atoms with E-state index < -0.39 is 42.4 Å². The van der Waals surface area contributed by atoms with Gasteiger partial charge in [-0.1, -0.05) is 0 Å². The highest BCUT2D eigenvalue weighted by Crippen LogP contribution is 1.91. The summed E-state index contributed by atoms with van der Waals surface area (Å²) < 4.78 is 25.1. The van der Waals surface area contributed by atoms with Gasteiger partial charge >= 0.3 is 29.8 Å². The first-order chi connectivity index (χ1) is 17.4. The molecule has 0 aliphatic rings. The maximum atomic E-state index is 10.3. The first kappa shape index (κ1) is 51.1. The lowest BCUT2D eigenvalue weighted by atomic mass is 10.5. The van der Waals surface area contributed by atoms with Crippen molar-refractivity contribution in [2.75, 3.05) is 49.8 Å². The number of hydrogen-bond donors (Lipinski definition) is 5. The third-order valence-corrected chi connectivity index (χ3v) is 2.19. The van der Waals surface area contributed by atoms with Crippen LogP contribution in [0.25, 0.3) is 0 Å². The molecule has 0 bridgehead atoms. The van der Waals surface area contributed by atoms with E-state index in [1.807, 2.05) is 0 Å². The van der Waals surface area contributed by atoms with Crippen molar-refractivity contribution in [3.8, 4) is 0 Å². The number of carboxylic acids is 1. The fraction of sp³-hybridized carbons (Fsp3) is 0.529. The zero-order chi connectivity index (χ0) is 30.8. The number of carbonyl (C=O) groups excluding carboxylic acids is 5. The smallest absolute Gasteiger partial charge is 0.368 e. The molecular formula is C17H37O21+. The minimum absolute atomic E-state index is 0. The number of esters is 4. The number of aliphatic hydroxyl groups excluding tert-OH is 2. The van der Waals surface area contributed by atoms with Crippen LogP contribution in [0.15, 0.2) is 12.2 Å². The molecule has 0 saturated heterocycles. The number of carboxylic acid groups (broad SMARTS) is 1. The molecule has 0 radical (unpaired) electrons. The number of aliphatic hydroxyl groups is 2. The fourth-order valence-corrected chi connectivity index (χ4v) is 0.748. The molecule has 0 rings (SSSR count). The Kier molecular flexibility index (Phi) is 58.4. The lowest BCUT2D eigenvalue weighted by Crippen LogP contribution is -2.26. The number of aldehydes is 1. The second-order valence-corrected chi connectivity index (χ2v) is 4.23. The second-order valence-electron chi connectivity index (χ2n) is 4.23. The van der Waals surface area contributed by atoms with Crippen molar-refractivity contribution in [1.29, 1.82) is 0 Å². The molecule has 0 saturated carbocycles. The van der Waals surface area contributed by atoms with Crippen LogP contribution in [0.3, 0.4) is 0 Å². The van der Waals surface area contributed by atoms with Crippen molar-refractivity contribution in [3.05, 3.63) is 12.2 Å². The molecule has 38 heavy (non-hydrogen) atoms. The topological polar surface area (TPSA) is 332 Å². The molecule has 0 fully saturated rings. The largest absolute Gasteiger partial charge is 0.476 e. The summed E-state index contributed by atoms with van der Waals surface area (Å²) in [5.74, 6) is -4.15. The van der Waals surface area contributed by atoms with Gasteiger partial charge in [0.25, 0.3) is 12.6 Å². The Labute approximate surface area is 216 Å². The number of aliphatic carboxylic acids is 1. The summed E-state index contributed by atoms with van der Waals surface area (Å²) in [4.78, 5) is 62.6. The van der Waals surface area contributed by atoms with E-state index >= 15 is 0 Å². The third-order valence-electron chi connectivity index (χ3n) is 2.19. The fourth-order valence-electron chi connectivity index (χ4n) is 0.748. The first-order valence-corrected chi connectivity index (χ1v) is 8.50.